The molecule has 1 heterocycles. The summed E-state index contributed by atoms with van der Waals surface area (Å²) in [5, 5.41) is 2.41. The highest BCUT2D eigenvalue weighted by atomic mass is 19.1. The lowest BCUT2D eigenvalue weighted by Crippen LogP contribution is -2.32. The molecule has 0 aliphatic carbocycles. The summed E-state index contributed by atoms with van der Waals surface area (Å²) < 4.78 is 44.0. The van der Waals surface area contributed by atoms with Crippen LogP contribution in [-0.4, -0.2) is 38.0 Å². The normalized spacial score (nSPS) is 13.3. The largest absolute Gasteiger partial charge is 0.493 e. The molecule has 1 atom stereocenters. The first-order chi connectivity index (χ1) is 16.9. The van der Waals surface area contributed by atoms with Crippen molar-refractivity contribution in [1.82, 2.24) is 4.90 Å². The Labute approximate surface area is 201 Å². The van der Waals surface area contributed by atoms with Gasteiger partial charge >= 0.3 is 0 Å². The molecule has 4 rings (SSSR count). The molecule has 3 aromatic rings. The van der Waals surface area contributed by atoms with Gasteiger partial charge in [0.25, 0.3) is 5.91 Å². The molecule has 0 bridgehead atoms. The zero-order chi connectivity index (χ0) is 25.1. The van der Waals surface area contributed by atoms with Gasteiger partial charge in [-0.3, -0.25) is 9.59 Å². The summed E-state index contributed by atoms with van der Waals surface area (Å²) in [4.78, 5) is 27.8. The summed E-state index contributed by atoms with van der Waals surface area (Å²) in [7, 11) is 4.40. The van der Waals surface area contributed by atoms with Gasteiger partial charge in [0.2, 0.25) is 11.7 Å². The maximum Gasteiger partial charge on any atom is 0.255 e. The smallest absolute Gasteiger partial charge is 0.255 e. The van der Waals surface area contributed by atoms with E-state index in [9.17, 15) is 18.4 Å². The molecular weight excluding hydrogens is 458 g/mol. The Bertz CT molecular complexity index is 1260. The molecule has 1 unspecified atom stereocenters. The van der Waals surface area contributed by atoms with E-state index in [1.807, 2.05) is 12.1 Å². The minimum Gasteiger partial charge on any atom is -0.493 e. The van der Waals surface area contributed by atoms with E-state index in [-0.39, 0.29) is 24.6 Å². The molecule has 0 spiro atoms. The Kier molecular flexibility index (Phi) is 6.86. The summed E-state index contributed by atoms with van der Waals surface area (Å²) in [6, 6.07) is 12.5. The molecular formula is C26H24F2N2O5. The van der Waals surface area contributed by atoms with Crippen LogP contribution in [0, 0.1) is 11.6 Å². The predicted molar refractivity (Wildman–Crippen MR) is 125 cm³/mol. The van der Waals surface area contributed by atoms with Crippen LogP contribution in [0.1, 0.15) is 33.9 Å². The van der Waals surface area contributed by atoms with Gasteiger partial charge in [0.1, 0.15) is 11.6 Å². The number of benzene rings is 3. The van der Waals surface area contributed by atoms with Crippen molar-refractivity contribution in [3.8, 4) is 17.2 Å². The van der Waals surface area contributed by atoms with Gasteiger partial charge < -0.3 is 24.4 Å². The Morgan fingerprint density at radius 2 is 1.69 bits per heavy atom. The molecule has 0 saturated heterocycles. The molecule has 0 saturated carbocycles. The lowest BCUT2D eigenvalue weighted by Gasteiger charge is -2.29. The lowest BCUT2D eigenvalue weighted by molar-refractivity contribution is -0.117. The summed E-state index contributed by atoms with van der Waals surface area (Å²) in [5.41, 5.74) is 1.64. The number of fused-ring (bicyclic) bond motifs is 1. The maximum atomic E-state index is 14.1. The van der Waals surface area contributed by atoms with Crippen LogP contribution in [-0.2, 0) is 11.3 Å². The van der Waals surface area contributed by atoms with Gasteiger partial charge in [-0.05, 0) is 41.5 Å². The molecule has 7 nitrogen and oxygen atoms in total. The SMILES string of the molecule is COc1cc(C(CC(=O)Nc2cc(F)ccc2F)N2Cc3ccccc3C2=O)cc(OC)c1OC. The van der Waals surface area contributed by atoms with Crippen LogP contribution in [0.2, 0.25) is 0 Å². The fourth-order valence-corrected chi connectivity index (χ4v) is 4.20. The minimum absolute atomic E-state index is 0.228. The Morgan fingerprint density at radius 3 is 2.31 bits per heavy atom. The topological polar surface area (TPSA) is 77.1 Å². The molecule has 1 N–H and O–H groups in total. The highest BCUT2D eigenvalue weighted by molar-refractivity contribution is 5.99. The summed E-state index contributed by atoms with van der Waals surface area (Å²) in [5.74, 6) is -1.23. The highest BCUT2D eigenvalue weighted by Gasteiger charge is 2.35. The van der Waals surface area contributed by atoms with Crippen LogP contribution < -0.4 is 19.5 Å². The van der Waals surface area contributed by atoms with E-state index in [4.69, 9.17) is 14.2 Å². The third kappa shape index (κ3) is 4.75. The van der Waals surface area contributed by atoms with Crippen molar-refractivity contribution in [3.63, 3.8) is 0 Å². The van der Waals surface area contributed by atoms with Crippen molar-refractivity contribution < 1.29 is 32.6 Å². The van der Waals surface area contributed by atoms with Crippen molar-refractivity contribution in [3.05, 3.63) is 82.9 Å². The molecule has 182 valence electrons. The number of carbonyl (C=O) groups is 2. The average molecular weight is 482 g/mol. The van der Waals surface area contributed by atoms with Gasteiger partial charge in [-0.15, -0.1) is 0 Å². The van der Waals surface area contributed by atoms with Crippen molar-refractivity contribution in [1.29, 1.82) is 0 Å². The first-order valence-electron chi connectivity index (χ1n) is 10.8. The predicted octanol–water partition coefficient (Wildman–Crippen LogP) is 4.72. The van der Waals surface area contributed by atoms with Crippen LogP contribution in [0.15, 0.2) is 54.6 Å². The average Bonchev–Trinajstić information content (AvgIpc) is 3.20. The number of halogens is 2. The Hall–Kier alpha value is -4.14. The number of carbonyl (C=O) groups excluding carboxylic acids is 2. The van der Waals surface area contributed by atoms with Gasteiger partial charge in [0, 0.05) is 18.2 Å². The Balaban J connectivity index is 1.73. The molecule has 0 fully saturated rings. The zero-order valence-corrected chi connectivity index (χ0v) is 19.4. The third-order valence-corrected chi connectivity index (χ3v) is 5.88. The molecule has 1 aliphatic rings. The zero-order valence-electron chi connectivity index (χ0n) is 19.4. The number of hydrogen-bond donors (Lipinski definition) is 1. The summed E-state index contributed by atoms with van der Waals surface area (Å²) in [6.07, 6.45) is -0.228. The molecule has 1 aliphatic heterocycles. The molecule has 0 radical (unpaired) electrons. The first-order valence-corrected chi connectivity index (χ1v) is 10.8. The standard InChI is InChI=1S/C26H24F2N2O5/c1-33-22-10-16(11-23(34-2)25(22)35-3)21(30-14-15-6-4-5-7-18(15)26(30)32)13-24(31)29-20-12-17(27)8-9-19(20)28/h4-12,21H,13-14H2,1-3H3,(H,29,31). The van der Waals surface area contributed by atoms with Gasteiger partial charge in [-0.1, -0.05) is 18.2 Å². The second kappa shape index (κ2) is 10.0. The number of hydrogen-bond acceptors (Lipinski definition) is 5. The van der Waals surface area contributed by atoms with E-state index in [1.165, 1.54) is 21.3 Å². The summed E-state index contributed by atoms with van der Waals surface area (Å²) >= 11 is 0. The molecule has 2 amide bonds. The minimum atomic E-state index is -0.770. The van der Waals surface area contributed by atoms with E-state index < -0.39 is 23.6 Å². The van der Waals surface area contributed by atoms with Crippen molar-refractivity contribution in [2.24, 2.45) is 0 Å². The Morgan fingerprint density at radius 1 is 1.00 bits per heavy atom. The van der Waals surface area contributed by atoms with Gasteiger partial charge in [-0.2, -0.15) is 0 Å². The van der Waals surface area contributed by atoms with Crippen molar-refractivity contribution in [2.45, 2.75) is 19.0 Å². The number of nitrogens with one attached hydrogen (secondary N) is 1. The number of ether oxygens (including phenoxy) is 3. The van der Waals surface area contributed by atoms with Crippen molar-refractivity contribution in [2.75, 3.05) is 26.6 Å². The molecule has 3 aromatic carbocycles. The second-order valence-electron chi connectivity index (χ2n) is 7.94. The van der Waals surface area contributed by atoms with E-state index >= 15 is 0 Å². The van der Waals surface area contributed by atoms with Gasteiger partial charge in [-0.25, -0.2) is 8.78 Å². The van der Waals surface area contributed by atoms with Crippen LogP contribution >= 0.6 is 0 Å². The van der Waals surface area contributed by atoms with Gasteiger partial charge in [0.15, 0.2) is 11.5 Å². The number of methoxy groups -OCH3 is 3. The van der Waals surface area contributed by atoms with E-state index in [0.29, 0.717) is 28.4 Å². The van der Waals surface area contributed by atoms with Crippen LogP contribution in [0.5, 0.6) is 17.2 Å². The summed E-state index contributed by atoms with van der Waals surface area (Å²) in [6.45, 7) is 0.276. The second-order valence-corrected chi connectivity index (χ2v) is 7.94. The van der Waals surface area contributed by atoms with E-state index in [1.54, 1.807) is 29.2 Å². The van der Waals surface area contributed by atoms with E-state index in [0.717, 1.165) is 23.8 Å². The fourth-order valence-electron chi connectivity index (χ4n) is 4.20. The number of rotatable bonds is 8. The quantitative estimate of drug-likeness (QED) is 0.503. The van der Waals surface area contributed by atoms with Crippen LogP contribution in [0.25, 0.3) is 0 Å². The van der Waals surface area contributed by atoms with Crippen LogP contribution in [0.4, 0.5) is 14.5 Å². The molecule has 35 heavy (non-hydrogen) atoms. The fraction of sp³-hybridized carbons (Fsp3) is 0.231. The number of anilines is 1. The highest BCUT2D eigenvalue weighted by Crippen LogP contribution is 2.43. The number of amides is 2. The van der Waals surface area contributed by atoms with Crippen molar-refractivity contribution >= 4 is 17.5 Å². The van der Waals surface area contributed by atoms with Gasteiger partial charge in [0.05, 0.1) is 39.5 Å². The first kappa shape index (κ1) is 24.0. The maximum absolute atomic E-state index is 14.1. The monoisotopic (exact) mass is 482 g/mol. The third-order valence-electron chi connectivity index (χ3n) is 5.88. The van der Waals surface area contributed by atoms with E-state index in [2.05, 4.69) is 5.32 Å². The molecule has 0 aromatic heterocycles. The molecule has 9 heteroatoms. The number of nitrogens with zero attached hydrogens (tertiary/aromatic N) is 1. The lowest BCUT2D eigenvalue weighted by atomic mass is 10.00. The van der Waals surface area contributed by atoms with Crippen LogP contribution in [0.3, 0.4) is 0 Å².